The normalized spacial score (nSPS) is 15.2. The van der Waals surface area contributed by atoms with Gasteiger partial charge in [-0.05, 0) is 65.6 Å². The van der Waals surface area contributed by atoms with Gasteiger partial charge in [0.15, 0.2) is 5.78 Å². The van der Waals surface area contributed by atoms with Gasteiger partial charge in [-0.25, -0.2) is 4.98 Å². The van der Waals surface area contributed by atoms with Crippen molar-refractivity contribution in [3.8, 4) is 0 Å². The molecule has 37 heavy (non-hydrogen) atoms. The molecule has 7 heteroatoms. The molecule has 1 N–H and O–H groups in total. The summed E-state index contributed by atoms with van der Waals surface area (Å²) in [5.74, 6) is -0.0631. The number of hydrogen-bond acceptors (Lipinski definition) is 4. The first-order valence-electron chi connectivity index (χ1n) is 12.0. The van der Waals surface area contributed by atoms with Crippen molar-refractivity contribution in [1.82, 2.24) is 9.88 Å². The number of pyridine rings is 1. The zero-order chi connectivity index (χ0) is 25.8. The first-order chi connectivity index (χ1) is 18.0. The molecule has 3 aromatic carbocycles. The highest BCUT2D eigenvalue weighted by molar-refractivity contribution is 6.30. The van der Waals surface area contributed by atoms with Crippen molar-refractivity contribution in [2.24, 2.45) is 0 Å². The summed E-state index contributed by atoms with van der Waals surface area (Å²) in [5.41, 5.74) is 3.38. The van der Waals surface area contributed by atoms with Crippen molar-refractivity contribution >= 4 is 35.0 Å². The second kappa shape index (κ2) is 10.8. The van der Waals surface area contributed by atoms with Gasteiger partial charge in [0.25, 0.3) is 11.8 Å². The van der Waals surface area contributed by atoms with Gasteiger partial charge >= 0.3 is 0 Å². The number of amides is 2. The molecular formula is C30H24ClN3O3. The summed E-state index contributed by atoms with van der Waals surface area (Å²) in [5, 5.41) is 3.25. The molecule has 2 amide bonds. The first kappa shape index (κ1) is 24.4. The molecule has 0 bridgehead atoms. The summed E-state index contributed by atoms with van der Waals surface area (Å²) in [6, 6.07) is 26.4. The Balaban J connectivity index is 1.42. The van der Waals surface area contributed by atoms with Crippen LogP contribution in [0.25, 0.3) is 0 Å². The van der Waals surface area contributed by atoms with Crippen molar-refractivity contribution in [3.05, 3.63) is 130 Å². The topological polar surface area (TPSA) is 79.4 Å². The summed E-state index contributed by atoms with van der Waals surface area (Å²) in [6.07, 6.45) is 2.16. The molecule has 0 spiro atoms. The number of fused-ring (bicyclic) bond motifs is 1. The number of nitrogens with zero attached hydrogens (tertiary/aromatic N) is 2. The Morgan fingerprint density at radius 2 is 1.68 bits per heavy atom. The molecular weight excluding hydrogens is 486 g/mol. The third-order valence-electron chi connectivity index (χ3n) is 6.42. The molecule has 2 heterocycles. The maximum Gasteiger partial charge on any atom is 0.256 e. The van der Waals surface area contributed by atoms with Crippen LogP contribution in [0.1, 0.15) is 37.4 Å². The molecule has 184 valence electrons. The molecule has 0 aliphatic carbocycles. The van der Waals surface area contributed by atoms with E-state index in [2.05, 4.69) is 10.3 Å². The van der Waals surface area contributed by atoms with E-state index in [1.54, 1.807) is 71.8 Å². The van der Waals surface area contributed by atoms with E-state index in [-0.39, 0.29) is 30.6 Å². The third-order valence-corrected chi connectivity index (χ3v) is 6.65. The lowest BCUT2D eigenvalue weighted by atomic mass is 9.97. The van der Waals surface area contributed by atoms with Crippen LogP contribution in [0.15, 0.2) is 97.2 Å². The van der Waals surface area contributed by atoms with Gasteiger partial charge in [-0.3, -0.25) is 14.4 Å². The fourth-order valence-corrected chi connectivity index (χ4v) is 4.71. The van der Waals surface area contributed by atoms with E-state index < -0.39 is 6.04 Å². The van der Waals surface area contributed by atoms with Gasteiger partial charge in [0.1, 0.15) is 5.82 Å². The van der Waals surface area contributed by atoms with E-state index in [0.29, 0.717) is 34.0 Å². The van der Waals surface area contributed by atoms with E-state index in [0.717, 1.165) is 11.1 Å². The Morgan fingerprint density at radius 1 is 0.919 bits per heavy atom. The lowest BCUT2D eigenvalue weighted by molar-refractivity contribution is -0.122. The Kier molecular flexibility index (Phi) is 7.10. The van der Waals surface area contributed by atoms with E-state index >= 15 is 0 Å². The molecule has 1 aliphatic heterocycles. The Bertz CT molecular complexity index is 1440. The molecule has 5 rings (SSSR count). The fourth-order valence-electron chi connectivity index (χ4n) is 4.52. The number of Topliss-reactive ketones (excluding diaryl/α,β-unsaturated/α-hetero) is 1. The number of rotatable bonds is 6. The average Bonchev–Trinajstić information content (AvgIpc) is 3.00. The van der Waals surface area contributed by atoms with Gasteiger partial charge < -0.3 is 10.2 Å². The van der Waals surface area contributed by atoms with E-state index in [1.807, 2.05) is 30.3 Å². The minimum atomic E-state index is -0.631. The Labute approximate surface area is 219 Å². The van der Waals surface area contributed by atoms with Crippen LogP contribution in [0.2, 0.25) is 5.02 Å². The quantitative estimate of drug-likeness (QED) is 0.379. The Morgan fingerprint density at radius 3 is 2.41 bits per heavy atom. The maximum absolute atomic E-state index is 13.7. The van der Waals surface area contributed by atoms with Crippen molar-refractivity contribution in [3.63, 3.8) is 0 Å². The molecule has 1 aromatic heterocycles. The molecule has 0 saturated heterocycles. The number of hydrogen-bond donors (Lipinski definition) is 1. The van der Waals surface area contributed by atoms with Crippen LogP contribution in [0.5, 0.6) is 0 Å². The largest absolute Gasteiger partial charge is 0.324 e. The van der Waals surface area contributed by atoms with Crippen LogP contribution in [0.4, 0.5) is 5.82 Å². The van der Waals surface area contributed by atoms with Gasteiger partial charge in [0.2, 0.25) is 0 Å². The van der Waals surface area contributed by atoms with Crippen molar-refractivity contribution in [1.29, 1.82) is 0 Å². The number of benzene rings is 3. The molecule has 1 aliphatic rings. The van der Waals surface area contributed by atoms with Gasteiger partial charge in [-0.15, -0.1) is 0 Å². The van der Waals surface area contributed by atoms with Crippen molar-refractivity contribution in [2.75, 3.05) is 5.32 Å². The molecule has 0 radical (unpaired) electrons. The lowest BCUT2D eigenvalue weighted by Gasteiger charge is -2.29. The van der Waals surface area contributed by atoms with Crippen molar-refractivity contribution < 1.29 is 14.4 Å². The number of carbonyl (C=O) groups excluding carboxylic acids is 3. The molecule has 0 unspecified atom stereocenters. The summed E-state index contributed by atoms with van der Waals surface area (Å²) >= 11 is 6.18. The fraction of sp³-hybridized carbons (Fsp3) is 0.133. The number of carbonyl (C=O) groups is 3. The van der Waals surface area contributed by atoms with Crippen LogP contribution in [0.3, 0.4) is 0 Å². The van der Waals surface area contributed by atoms with Crippen LogP contribution < -0.4 is 5.32 Å². The second-order valence-corrected chi connectivity index (χ2v) is 9.39. The van der Waals surface area contributed by atoms with E-state index in [1.165, 1.54) is 0 Å². The summed E-state index contributed by atoms with van der Waals surface area (Å²) in [4.78, 5) is 45.6. The predicted octanol–water partition coefficient (Wildman–Crippen LogP) is 5.37. The van der Waals surface area contributed by atoms with Gasteiger partial charge in [0, 0.05) is 35.3 Å². The average molecular weight is 510 g/mol. The van der Waals surface area contributed by atoms with Gasteiger partial charge in [-0.1, -0.05) is 60.1 Å². The number of halogens is 1. The van der Waals surface area contributed by atoms with E-state index in [4.69, 9.17) is 11.6 Å². The molecule has 4 aromatic rings. The van der Waals surface area contributed by atoms with Crippen LogP contribution in [0, 0.1) is 0 Å². The highest BCUT2D eigenvalue weighted by Gasteiger charge is 2.35. The summed E-state index contributed by atoms with van der Waals surface area (Å²) in [7, 11) is 0. The number of aromatic nitrogens is 1. The molecule has 0 saturated carbocycles. The van der Waals surface area contributed by atoms with Gasteiger partial charge in [0.05, 0.1) is 6.04 Å². The summed E-state index contributed by atoms with van der Waals surface area (Å²) in [6.45, 7) is 0.228. The zero-order valence-corrected chi connectivity index (χ0v) is 20.7. The van der Waals surface area contributed by atoms with Crippen molar-refractivity contribution in [2.45, 2.75) is 25.4 Å². The SMILES string of the molecule is O=C(Nc1ccccn1)c1ccc(CN2C(=O)c3ccc(Cl)cc3CC(=O)[C@H]2Cc2ccccc2)cc1. The van der Waals surface area contributed by atoms with Crippen LogP contribution in [-0.2, 0) is 24.2 Å². The third kappa shape index (κ3) is 5.60. The van der Waals surface area contributed by atoms with Gasteiger partial charge in [-0.2, -0.15) is 0 Å². The number of ketones is 1. The highest BCUT2D eigenvalue weighted by atomic mass is 35.5. The molecule has 0 fully saturated rings. The molecule has 6 nitrogen and oxygen atoms in total. The highest BCUT2D eigenvalue weighted by Crippen LogP contribution is 2.27. The maximum atomic E-state index is 13.7. The number of anilines is 1. The van der Waals surface area contributed by atoms with E-state index in [9.17, 15) is 14.4 Å². The monoisotopic (exact) mass is 509 g/mol. The standard InChI is InChI=1S/C30H24ClN3O3/c31-24-13-14-25-23(17-24)18-27(35)26(16-20-6-2-1-3-7-20)34(30(25)37)19-21-9-11-22(12-10-21)29(36)33-28-8-4-5-15-32-28/h1-15,17,26H,16,18-19H2,(H,32,33,36)/t26-/m1/s1. The second-order valence-electron chi connectivity index (χ2n) is 8.95. The van der Waals surface area contributed by atoms with Crippen LogP contribution >= 0.6 is 11.6 Å². The van der Waals surface area contributed by atoms with Crippen LogP contribution in [-0.4, -0.2) is 33.5 Å². The smallest absolute Gasteiger partial charge is 0.256 e. The minimum absolute atomic E-state index is 0.0374. The lowest BCUT2D eigenvalue weighted by Crippen LogP contribution is -2.44. The minimum Gasteiger partial charge on any atom is -0.324 e. The molecule has 1 atom stereocenters. The predicted molar refractivity (Wildman–Crippen MR) is 143 cm³/mol. The summed E-state index contributed by atoms with van der Waals surface area (Å²) < 4.78 is 0. The number of nitrogens with one attached hydrogen (secondary N) is 1. The zero-order valence-electron chi connectivity index (χ0n) is 19.9. The Hall–Kier alpha value is -4.29. The first-order valence-corrected chi connectivity index (χ1v) is 12.3.